The molecule has 0 radical (unpaired) electrons. The lowest BCUT2D eigenvalue weighted by Crippen LogP contribution is -1.96. The third-order valence-corrected chi connectivity index (χ3v) is 2.99. The number of fused-ring (bicyclic) bond motifs is 1. The fourth-order valence-electron chi connectivity index (χ4n) is 1.87. The summed E-state index contributed by atoms with van der Waals surface area (Å²) in [5.74, 6) is 1.45. The van der Waals surface area contributed by atoms with Gasteiger partial charge in [0.15, 0.2) is 5.82 Å². The number of ether oxygens (including phenoxy) is 1. The molecule has 3 aromatic rings. The van der Waals surface area contributed by atoms with Crippen molar-refractivity contribution in [2.45, 2.75) is 0 Å². The Hall–Kier alpha value is -2.80. The predicted octanol–water partition coefficient (Wildman–Crippen LogP) is 3.06. The van der Waals surface area contributed by atoms with Crippen molar-refractivity contribution in [3.8, 4) is 5.75 Å². The number of aromatic amines is 1. The number of nitrogens with one attached hydrogen (secondary N) is 2. The number of hydrogen-bond acceptors (Lipinski definition) is 5. The number of aromatic nitrogens is 3. The summed E-state index contributed by atoms with van der Waals surface area (Å²) >= 11 is 5.75. The Bertz CT molecular complexity index is 758. The number of carbonyl (C=O) groups is 1. The van der Waals surface area contributed by atoms with Crippen molar-refractivity contribution in [2.75, 3.05) is 12.4 Å². The van der Waals surface area contributed by atoms with Gasteiger partial charge in [-0.3, -0.25) is 4.79 Å². The lowest BCUT2D eigenvalue weighted by molar-refractivity contribution is -0.122. The molecule has 3 N–H and O–H groups in total. The van der Waals surface area contributed by atoms with Crippen LogP contribution in [0.2, 0.25) is 5.15 Å². The van der Waals surface area contributed by atoms with Crippen LogP contribution in [-0.2, 0) is 4.79 Å². The molecule has 0 bridgehead atoms. The second kappa shape index (κ2) is 7.28. The van der Waals surface area contributed by atoms with Gasteiger partial charge in [0.25, 0.3) is 6.47 Å². The maximum atomic E-state index is 8.36. The number of anilines is 2. The van der Waals surface area contributed by atoms with Gasteiger partial charge >= 0.3 is 0 Å². The minimum absolute atomic E-state index is 0.250. The summed E-state index contributed by atoms with van der Waals surface area (Å²) in [5, 5.41) is 11.5. The Morgan fingerprint density at radius 3 is 2.73 bits per heavy atom. The average molecular weight is 321 g/mol. The Morgan fingerprint density at radius 2 is 2.09 bits per heavy atom. The highest BCUT2D eigenvalue weighted by Crippen LogP contribution is 2.29. The van der Waals surface area contributed by atoms with E-state index >= 15 is 0 Å². The van der Waals surface area contributed by atoms with E-state index in [4.69, 9.17) is 26.2 Å². The maximum Gasteiger partial charge on any atom is 0.290 e. The lowest BCUT2D eigenvalue weighted by atomic mass is 10.3. The van der Waals surface area contributed by atoms with Gasteiger partial charge in [-0.1, -0.05) is 11.6 Å². The van der Waals surface area contributed by atoms with Gasteiger partial charge in [-0.15, -0.1) is 0 Å². The molecule has 3 rings (SSSR count). The molecule has 0 spiro atoms. The van der Waals surface area contributed by atoms with Crippen molar-refractivity contribution in [2.24, 2.45) is 0 Å². The van der Waals surface area contributed by atoms with Crippen LogP contribution in [0, 0.1) is 0 Å². The first kappa shape index (κ1) is 15.6. The SMILES string of the molecule is COc1cnc(Nc2ccc(Cl)nc2)c2[nH]ccc12.O=CO. The van der Waals surface area contributed by atoms with Gasteiger partial charge in [-0.2, -0.15) is 0 Å². The van der Waals surface area contributed by atoms with Crippen LogP contribution < -0.4 is 10.1 Å². The number of H-pyrrole nitrogens is 1. The van der Waals surface area contributed by atoms with E-state index in [1.807, 2.05) is 18.3 Å². The Balaban J connectivity index is 0.000000545. The topological polar surface area (TPSA) is 100 Å². The molecule has 0 amide bonds. The summed E-state index contributed by atoms with van der Waals surface area (Å²) in [6.45, 7) is -0.250. The molecule has 8 heteroatoms. The van der Waals surface area contributed by atoms with E-state index < -0.39 is 0 Å². The zero-order chi connectivity index (χ0) is 15.9. The third-order valence-electron chi connectivity index (χ3n) is 2.77. The summed E-state index contributed by atoms with van der Waals surface area (Å²) in [5.41, 5.74) is 1.70. The number of nitrogens with zero attached hydrogens (tertiary/aromatic N) is 2. The van der Waals surface area contributed by atoms with Crippen LogP contribution in [0.4, 0.5) is 11.5 Å². The molecule has 0 aliphatic heterocycles. The van der Waals surface area contributed by atoms with Crippen molar-refractivity contribution in [1.82, 2.24) is 15.0 Å². The summed E-state index contributed by atoms with van der Waals surface area (Å²) in [6.07, 6.45) is 5.19. The smallest absolute Gasteiger partial charge is 0.290 e. The molecular weight excluding hydrogens is 308 g/mol. The standard InChI is InChI=1S/C13H11ClN4O.CH2O2/c1-19-10-7-17-13(12-9(10)4-5-15-12)18-8-2-3-11(14)16-6-8;2-1-3/h2-7,15H,1H3,(H,17,18);1H,(H,2,3). The highest BCUT2D eigenvalue weighted by atomic mass is 35.5. The summed E-state index contributed by atoms with van der Waals surface area (Å²) < 4.78 is 5.27. The van der Waals surface area contributed by atoms with Crippen molar-refractivity contribution in [3.05, 3.63) is 41.9 Å². The number of hydrogen-bond donors (Lipinski definition) is 3. The van der Waals surface area contributed by atoms with Crippen LogP contribution in [0.1, 0.15) is 0 Å². The third kappa shape index (κ3) is 3.44. The van der Waals surface area contributed by atoms with E-state index in [0.717, 1.165) is 22.3 Å². The molecule has 0 saturated carbocycles. The van der Waals surface area contributed by atoms with Crippen LogP contribution in [-0.4, -0.2) is 33.6 Å². The second-order valence-corrected chi connectivity index (χ2v) is 4.43. The molecule has 22 heavy (non-hydrogen) atoms. The van der Waals surface area contributed by atoms with Gasteiger partial charge in [0.1, 0.15) is 10.9 Å². The highest BCUT2D eigenvalue weighted by Gasteiger charge is 2.09. The Kier molecular flexibility index (Phi) is 5.16. The fourth-order valence-corrected chi connectivity index (χ4v) is 1.98. The molecular formula is C14H13ClN4O3. The number of halogens is 1. The molecule has 0 aromatic carbocycles. The molecule has 7 nitrogen and oxygen atoms in total. The molecule has 0 aliphatic rings. The molecule has 3 aromatic heterocycles. The van der Waals surface area contributed by atoms with Gasteiger partial charge in [0.2, 0.25) is 0 Å². The van der Waals surface area contributed by atoms with E-state index in [2.05, 4.69) is 20.3 Å². The first-order chi connectivity index (χ1) is 10.7. The Morgan fingerprint density at radius 1 is 1.32 bits per heavy atom. The molecule has 114 valence electrons. The van der Waals surface area contributed by atoms with Crippen molar-refractivity contribution in [1.29, 1.82) is 0 Å². The van der Waals surface area contributed by atoms with Gasteiger partial charge in [0, 0.05) is 11.6 Å². The van der Waals surface area contributed by atoms with Crippen LogP contribution >= 0.6 is 11.6 Å². The van der Waals surface area contributed by atoms with Crippen LogP contribution in [0.5, 0.6) is 5.75 Å². The number of methoxy groups -OCH3 is 1. The molecule has 0 saturated heterocycles. The molecule has 0 atom stereocenters. The first-order valence-corrected chi connectivity index (χ1v) is 6.54. The predicted molar refractivity (Wildman–Crippen MR) is 83.9 cm³/mol. The molecule has 0 aliphatic carbocycles. The quantitative estimate of drug-likeness (QED) is 0.506. The minimum atomic E-state index is -0.250. The number of rotatable bonds is 3. The van der Waals surface area contributed by atoms with Gasteiger partial charge in [-0.25, -0.2) is 9.97 Å². The van der Waals surface area contributed by atoms with E-state index in [1.54, 1.807) is 25.6 Å². The van der Waals surface area contributed by atoms with E-state index in [9.17, 15) is 0 Å². The Labute approximate surface area is 130 Å². The molecule has 0 unspecified atom stereocenters. The monoisotopic (exact) mass is 320 g/mol. The lowest BCUT2D eigenvalue weighted by Gasteiger charge is -2.08. The highest BCUT2D eigenvalue weighted by molar-refractivity contribution is 6.29. The first-order valence-electron chi connectivity index (χ1n) is 6.16. The van der Waals surface area contributed by atoms with E-state index in [1.165, 1.54) is 0 Å². The van der Waals surface area contributed by atoms with Gasteiger partial charge < -0.3 is 20.1 Å². The second-order valence-electron chi connectivity index (χ2n) is 4.04. The largest absolute Gasteiger partial charge is 0.494 e. The van der Waals surface area contributed by atoms with Crippen LogP contribution in [0.3, 0.4) is 0 Å². The summed E-state index contributed by atoms with van der Waals surface area (Å²) in [6, 6.07) is 5.51. The zero-order valence-corrected chi connectivity index (χ0v) is 12.3. The van der Waals surface area contributed by atoms with Crippen LogP contribution in [0.15, 0.2) is 36.8 Å². The number of carboxylic acid groups (broad SMARTS) is 1. The average Bonchev–Trinajstić information content (AvgIpc) is 3.01. The van der Waals surface area contributed by atoms with Crippen molar-refractivity contribution < 1.29 is 14.6 Å². The molecule has 0 fully saturated rings. The maximum absolute atomic E-state index is 8.36. The summed E-state index contributed by atoms with van der Waals surface area (Å²) in [7, 11) is 1.62. The van der Waals surface area contributed by atoms with E-state index in [0.29, 0.717) is 11.0 Å². The minimum Gasteiger partial charge on any atom is -0.494 e. The van der Waals surface area contributed by atoms with Gasteiger partial charge in [-0.05, 0) is 18.2 Å². The van der Waals surface area contributed by atoms with Crippen molar-refractivity contribution >= 4 is 40.5 Å². The van der Waals surface area contributed by atoms with Gasteiger partial charge in [0.05, 0.1) is 30.7 Å². The summed E-state index contributed by atoms with van der Waals surface area (Å²) in [4.78, 5) is 19.9. The van der Waals surface area contributed by atoms with Crippen molar-refractivity contribution in [3.63, 3.8) is 0 Å². The normalized spacial score (nSPS) is 9.73. The molecule has 3 heterocycles. The number of pyridine rings is 2. The van der Waals surface area contributed by atoms with Crippen LogP contribution in [0.25, 0.3) is 10.9 Å². The fraction of sp³-hybridized carbons (Fsp3) is 0.0714. The van der Waals surface area contributed by atoms with E-state index in [-0.39, 0.29) is 6.47 Å². The zero-order valence-electron chi connectivity index (χ0n) is 11.6.